The van der Waals surface area contributed by atoms with Gasteiger partial charge in [-0.1, -0.05) is 12.1 Å². The Labute approximate surface area is 179 Å². The molecule has 10 nitrogen and oxygen atoms in total. The molecule has 3 rings (SSSR count). The van der Waals surface area contributed by atoms with Crippen molar-refractivity contribution in [1.29, 1.82) is 0 Å². The number of carbonyl (C=O) groups excluding carboxylic acids is 2. The summed E-state index contributed by atoms with van der Waals surface area (Å²) in [4.78, 5) is 31.5. The summed E-state index contributed by atoms with van der Waals surface area (Å²) in [6.07, 6.45) is 2.73. The van der Waals surface area contributed by atoms with E-state index >= 15 is 0 Å². The van der Waals surface area contributed by atoms with Crippen molar-refractivity contribution in [2.75, 3.05) is 18.5 Å². The first kappa shape index (κ1) is 23.7. The van der Waals surface area contributed by atoms with E-state index in [4.69, 9.17) is 9.94 Å². The van der Waals surface area contributed by atoms with E-state index in [2.05, 4.69) is 15.3 Å². The molecule has 2 aromatic rings. The minimum atomic E-state index is -4.09. The molecule has 1 aliphatic rings. The van der Waals surface area contributed by atoms with Crippen molar-refractivity contribution in [2.45, 2.75) is 29.4 Å². The van der Waals surface area contributed by atoms with Crippen molar-refractivity contribution in [1.82, 2.24) is 15.4 Å². The standard InChI is InChI=1S/C18H20N4O6S.ClH/c1-12(23)21-16-11-19-15(10-20-16)13-2-4-14(5-3-13)29(26,27)18(17(24)22-25)6-8-28-9-7-18;/h2-5,10-11,25H,6-9H2,1H3,(H,22,24)(H,20,21,23);1H. The highest BCUT2D eigenvalue weighted by Crippen LogP contribution is 2.35. The predicted molar refractivity (Wildman–Crippen MR) is 109 cm³/mol. The number of benzene rings is 1. The number of hydroxylamine groups is 1. The highest BCUT2D eigenvalue weighted by molar-refractivity contribution is 7.93. The van der Waals surface area contributed by atoms with Gasteiger partial charge in [0.05, 0.1) is 23.0 Å². The quantitative estimate of drug-likeness (QED) is 0.451. The molecule has 2 heterocycles. The van der Waals surface area contributed by atoms with Crippen molar-refractivity contribution in [3.05, 3.63) is 36.7 Å². The van der Waals surface area contributed by atoms with Crippen LogP contribution in [0.15, 0.2) is 41.6 Å². The minimum Gasteiger partial charge on any atom is -0.381 e. The molecule has 12 heteroatoms. The molecule has 0 radical (unpaired) electrons. The number of amides is 2. The lowest BCUT2D eigenvalue weighted by molar-refractivity contribution is -0.134. The summed E-state index contributed by atoms with van der Waals surface area (Å²) in [5.74, 6) is -0.934. The monoisotopic (exact) mass is 456 g/mol. The van der Waals surface area contributed by atoms with Gasteiger partial charge < -0.3 is 10.1 Å². The van der Waals surface area contributed by atoms with E-state index in [9.17, 15) is 18.0 Å². The average molecular weight is 457 g/mol. The number of nitrogens with one attached hydrogen (secondary N) is 2. The summed E-state index contributed by atoms with van der Waals surface area (Å²) < 4.78 is 29.8. The van der Waals surface area contributed by atoms with Crippen LogP contribution in [-0.4, -0.2) is 53.4 Å². The molecule has 30 heavy (non-hydrogen) atoms. The average Bonchev–Trinajstić information content (AvgIpc) is 2.73. The van der Waals surface area contributed by atoms with Gasteiger partial charge in [0.1, 0.15) is 0 Å². The lowest BCUT2D eigenvalue weighted by Crippen LogP contribution is -2.54. The third-order valence-corrected chi connectivity index (χ3v) is 7.26. The van der Waals surface area contributed by atoms with E-state index in [1.165, 1.54) is 36.9 Å². The molecule has 1 aromatic heterocycles. The van der Waals surface area contributed by atoms with Crippen molar-refractivity contribution in [3.63, 3.8) is 0 Å². The molecule has 0 bridgehead atoms. The van der Waals surface area contributed by atoms with Crippen LogP contribution < -0.4 is 10.8 Å². The van der Waals surface area contributed by atoms with E-state index in [1.807, 2.05) is 0 Å². The van der Waals surface area contributed by atoms with Gasteiger partial charge in [-0.25, -0.2) is 18.9 Å². The van der Waals surface area contributed by atoms with Crippen LogP contribution in [0, 0.1) is 0 Å². The normalized spacial score (nSPS) is 15.5. The van der Waals surface area contributed by atoms with Crippen LogP contribution in [0.2, 0.25) is 0 Å². The molecule has 0 unspecified atom stereocenters. The topological polar surface area (TPSA) is 148 Å². The van der Waals surface area contributed by atoms with Crippen LogP contribution in [-0.2, 0) is 24.2 Å². The zero-order chi connectivity index (χ0) is 21.1. The highest BCUT2D eigenvalue weighted by atomic mass is 35.5. The smallest absolute Gasteiger partial charge is 0.265 e. The summed E-state index contributed by atoms with van der Waals surface area (Å²) >= 11 is 0. The lowest BCUT2D eigenvalue weighted by atomic mass is 9.98. The Kier molecular flexibility index (Phi) is 7.48. The lowest BCUT2D eigenvalue weighted by Gasteiger charge is -2.34. The van der Waals surface area contributed by atoms with Gasteiger partial charge in [-0.3, -0.25) is 19.8 Å². The number of hydrogen-bond acceptors (Lipinski definition) is 8. The molecular weight excluding hydrogens is 436 g/mol. The first-order chi connectivity index (χ1) is 13.8. The Bertz CT molecular complexity index is 1010. The molecule has 3 N–H and O–H groups in total. The maximum atomic E-state index is 13.2. The second kappa shape index (κ2) is 9.47. The SMILES string of the molecule is CC(=O)Nc1cnc(-c2ccc(S(=O)(=O)C3(C(=O)NO)CCOCC3)cc2)cn1.Cl. The second-order valence-corrected chi connectivity index (χ2v) is 8.80. The fraction of sp³-hybridized carbons (Fsp3) is 0.333. The van der Waals surface area contributed by atoms with Crippen LogP contribution in [0.1, 0.15) is 19.8 Å². The second-order valence-electron chi connectivity index (χ2n) is 6.54. The van der Waals surface area contributed by atoms with Gasteiger partial charge in [-0.15, -0.1) is 12.4 Å². The van der Waals surface area contributed by atoms with Crippen molar-refractivity contribution >= 4 is 39.9 Å². The maximum Gasteiger partial charge on any atom is 0.265 e. The molecule has 1 aliphatic heterocycles. The van der Waals surface area contributed by atoms with Gasteiger partial charge in [0.2, 0.25) is 5.91 Å². The van der Waals surface area contributed by atoms with Crippen molar-refractivity contribution in [3.8, 4) is 11.3 Å². The van der Waals surface area contributed by atoms with E-state index in [0.29, 0.717) is 17.1 Å². The number of ether oxygens (including phenoxy) is 1. The first-order valence-electron chi connectivity index (χ1n) is 8.77. The molecule has 1 aromatic carbocycles. The zero-order valence-corrected chi connectivity index (χ0v) is 17.6. The number of carbonyl (C=O) groups is 2. The minimum absolute atomic E-state index is 0. The van der Waals surface area contributed by atoms with Crippen LogP contribution in [0.5, 0.6) is 0 Å². The summed E-state index contributed by atoms with van der Waals surface area (Å²) in [6.45, 7) is 1.55. The maximum absolute atomic E-state index is 13.2. The van der Waals surface area contributed by atoms with Crippen LogP contribution in [0.25, 0.3) is 11.3 Å². The van der Waals surface area contributed by atoms with Gasteiger partial charge in [0.25, 0.3) is 5.91 Å². The summed E-state index contributed by atoms with van der Waals surface area (Å²) in [5, 5.41) is 11.6. The summed E-state index contributed by atoms with van der Waals surface area (Å²) in [7, 11) is -4.09. The number of rotatable bonds is 5. The number of nitrogens with zero attached hydrogens (tertiary/aromatic N) is 2. The highest BCUT2D eigenvalue weighted by Gasteiger charge is 2.52. The first-order valence-corrected chi connectivity index (χ1v) is 10.3. The number of halogens is 1. The largest absolute Gasteiger partial charge is 0.381 e. The number of hydrogen-bond donors (Lipinski definition) is 3. The third kappa shape index (κ3) is 4.43. The van der Waals surface area contributed by atoms with Crippen LogP contribution >= 0.6 is 12.4 Å². The van der Waals surface area contributed by atoms with Gasteiger partial charge in [0.15, 0.2) is 20.4 Å². The molecule has 1 saturated heterocycles. The Balaban J connectivity index is 0.00000320. The van der Waals surface area contributed by atoms with E-state index < -0.39 is 20.5 Å². The molecule has 0 spiro atoms. The van der Waals surface area contributed by atoms with E-state index in [0.717, 1.165) is 0 Å². The summed E-state index contributed by atoms with van der Waals surface area (Å²) in [6, 6.07) is 5.88. The molecule has 1 fully saturated rings. The Morgan fingerprint density at radius 3 is 2.23 bits per heavy atom. The molecule has 0 aliphatic carbocycles. The van der Waals surface area contributed by atoms with E-state index in [1.54, 1.807) is 12.1 Å². The fourth-order valence-electron chi connectivity index (χ4n) is 3.17. The molecule has 0 atom stereocenters. The Morgan fingerprint density at radius 2 is 1.73 bits per heavy atom. The fourth-order valence-corrected chi connectivity index (χ4v) is 5.11. The third-order valence-electron chi connectivity index (χ3n) is 4.75. The molecular formula is C18H21ClN4O6S. The van der Waals surface area contributed by atoms with Crippen molar-refractivity contribution < 1.29 is 28.0 Å². The Morgan fingerprint density at radius 1 is 1.10 bits per heavy atom. The number of anilines is 1. The van der Waals surface area contributed by atoms with Gasteiger partial charge >= 0.3 is 0 Å². The molecule has 2 amide bonds. The predicted octanol–water partition coefficient (Wildman–Crippen LogP) is 1.35. The molecule has 162 valence electrons. The summed E-state index contributed by atoms with van der Waals surface area (Å²) in [5.41, 5.74) is 2.58. The van der Waals surface area contributed by atoms with Crippen molar-refractivity contribution in [2.24, 2.45) is 0 Å². The number of aromatic nitrogens is 2. The zero-order valence-electron chi connectivity index (χ0n) is 16.0. The van der Waals surface area contributed by atoms with Gasteiger partial charge in [-0.05, 0) is 25.0 Å². The van der Waals surface area contributed by atoms with Gasteiger partial charge in [-0.2, -0.15) is 0 Å². The van der Waals surface area contributed by atoms with Gasteiger partial charge in [0, 0.05) is 25.7 Å². The van der Waals surface area contributed by atoms with E-state index in [-0.39, 0.29) is 49.3 Å². The molecule has 0 saturated carbocycles. The van der Waals surface area contributed by atoms with Crippen LogP contribution in [0.3, 0.4) is 0 Å². The van der Waals surface area contributed by atoms with Crippen LogP contribution in [0.4, 0.5) is 5.82 Å². The Hall–Kier alpha value is -2.60. The number of sulfone groups is 1.